The Morgan fingerprint density at radius 3 is 2.46 bits per heavy atom. The van der Waals surface area contributed by atoms with E-state index in [9.17, 15) is 14.0 Å². The number of carbonyl (C=O) groups is 1. The summed E-state index contributed by atoms with van der Waals surface area (Å²) in [6.45, 7) is 3.82. The van der Waals surface area contributed by atoms with Crippen LogP contribution >= 0.6 is 0 Å². The van der Waals surface area contributed by atoms with Gasteiger partial charge in [-0.15, -0.1) is 0 Å². The number of carbonyl (C=O) groups excluding carboxylic acids is 1. The SMILES string of the molecule is Cc1cc(F)ccc1N1CN(c2ccc(=O)[nH]c2C)C(=O)c2cc[c-]cc21.[Fe]. The second-order valence-corrected chi connectivity index (χ2v) is 6.51. The molecule has 7 heteroatoms. The average molecular weight is 418 g/mol. The Balaban J connectivity index is 0.00000225. The predicted octanol–water partition coefficient (Wildman–Crippen LogP) is 3.68. The predicted molar refractivity (Wildman–Crippen MR) is 102 cm³/mol. The van der Waals surface area contributed by atoms with Crippen LogP contribution in [0.2, 0.25) is 0 Å². The summed E-state index contributed by atoms with van der Waals surface area (Å²) in [6, 6.07) is 15.8. The van der Waals surface area contributed by atoms with E-state index < -0.39 is 0 Å². The molecule has 4 rings (SSSR count). The van der Waals surface area contributed by atoms with Gasteiger partial charge in [-0.05, 0) is 49.2 Å². The van der Waals surface area contributed by atoms with Crippen molar-refractivity contribution in [2.24, 2.45) is 0 Å². The second kappa shape index (κ2) is 7.62. The Morgan fingerprint density at radius 1 is 1.00 bits per heavy atom. The number of nitrogens with one attached hydrogen (secondary N) is 1. The summed E-state index contributed by atoms with van der Waals surface area (Å²) in [5.74, 6) is -0.470. The van der Waals surface area contributed by atoms with Crippen molar-refractivity contribution in [3.63, 3.8) is 0 Å². The quantitative estimate of drug-likeness (QED) is 0.511. The zero-order valence-corrected chi connectivity index (χ0v) is 16.4. The summed E-state index contributed by atoms with van der Waals surface area (Å²) in [7, 11) is 0. The zero-order valence-electron chi connectivity index (χ0n) is 15.3. The first-order chi connectivity index (χ1) is 13.0. The molecule has 0 spiro atoms. The number of H-pyrrole nitrogens is 1. The number of rotatable bonds is 2. The Labute approximate surface area is 172 Å². The van der Waals surface area contributed by atoms with E-state index in [2.05, 4.69) is 11.1 Å². The Hall–Kier alpha value is -2.89. The first kappa shape index (κ1) is 19.9. The van der Waals surface area contributed by atoms with Crippen molar-refractivity contribution in [2.45, 2.75) is 13.8 Å². The molecular formula is C21H17FFeN3O2-. The number of hydrogen-bond donors (Lipinski definition) is 1. The van der Waals surface area contributed by atoms with E-state index in [-0.39, 0.29) is 41.0 Å². The van der Waals surface area contributed by atoms with Crippen LogP contribution in [0.4, 0.5) is 21.5 Å². The molecule has 2 heterocycles. The van der Waals surface area contributed by atoms with Gasteiger partial charge in [-0.25, -0.2) is 4.39 Å². The van der Waals surface area contributed by atoms with Crippen LogP contribution in [-0.4, -0.2) is 17.6 Å². The second-order valence-electron chi connectivity index (χ2n) is 6.51. The Morgan fingerprint density at radius 2 is 1.75 bits per heavy atom. The van der Waals surface area contributed by atoms with Crippen LogP contribution in [0.3, 0.4) is 0 Å². The van der Waals surface area contributed by atoms with Crippen molar-refractivity contribution in [3.8, 4) is 0 Å². The van der Waals surface area contributed by atoms with Gasteiger partial charge in [0, 0.05) is 34.5 Å². The maximum absolute atomic E-state index is 13.6. The molecule has 144 valence electrons. The van der Waals surface area contributed by atoms with E-state index in [1.165, 1.54) is 18.2 Å². The average Bonchev–Trinajstić information content (AvgIpc) is 2.64. The summed E-state index contributed by atoms with van der Waals surface area (Å²) in [6.07, 6.45) is 0. The molecule has 2 aromatic carbocycles. The summed E-state index contributed by atoms with van der Waals surface area (Å²) in [5.41, 5.74) is 3.82. The van der Waals surface area contributed by atoms with Crippen molar-refractivity contribution in [2.75, 3.05) is 16.5 Å². The Kier molecular flexibility index (Phi) is 5.40. The minimum atomic E-state index is -0.308. The van der Waals surface area contributed by atoms with E-state index >= 15 is 0 Å². The molecular weight excluding hydrogens is 401 g/mol. The van der Waals surface area contributed by atoms with Gasteiger partial charge in [-0.2, -0.15) is 24.3 Å². The van der Waals surface area contributed by atoms with Gasteiger partial charge in [0.15, 0.2) is 0 Å². The standard InChI is InChI=1S/C21H17FN3O2.Fe/c1-13-11-15(22)7-8-17(13)24-12-25(18-9-10-20(26)23-14(18)2)21(27)16-5-3-4-6-19(16)24;/h3,5-11H,12H2,1-2H3,(H,23,26);/q-1;. The van der Waals surface area contributed by atoms with Gasteiger partial charge in [-0.3, -0.25) is 14.5 Å². The molecule has 0 saturated heterocycles. The minimum Gasteiger partial charge on any atom is -0.377 e. The number of aromatic amines is 1. The summed E-state index contributed by atoms with van der Waals surface area (Å²) >= 11 is 0. The van der Waals surface area contributed by atoms with Crippen LogP contribution in [0.15, 0.2) is 53.3 Å². The minimum absolute atomic E-state index is 0. The number of halogens is 1. The van der Waals surface area contributed by atoms with E-state index in [1.807, 2.05) is 11.8 Å². The summed E-state index contributed by atoms with van der Waals surface area (Å²) < 4.78 is 13.6. The maximum Gasteiger partial charge on any atom is 0.248 e. The molecule has 28 heavy (non-hydrogen) atoms. The fraction of sp³-hybridized carbons (Fsp3) is 0.143. The molecule has 1 aliphatic heterocycles. The molecule has 0 saturated carbocycles. The first-order valence-corrected chi connectivity index (χ1v) is 8.51. The van der Waals surface area contributed by atoms with Crippen LogP contribution < -0.4 is 15.4 Å². The van der Waals surface area contributed by atoms with Gasteiger partial charge in [0.1, 0.15) is 5.82 Å². The van der Waals surface area contributed by atoms with E-state index in [0.29, 0.717) is 16.9 Å². The molecule has 0 atom stereocenters. The monoisotopic (exact) mass is 418 g/mol. The molecule has 0 aliphatic carbocycles. The van der Waals surface area contributed by atoms with Crippen molar-refractivity contribution >= 4 is 23.0 Å². The third kappa shape index (κ3) is 3.35. The number of fused-ring (bicyclic) bond motifs is 1. The van der Waals surface area contributed by atoms with Crippen LogP contribution in [0, 0.1) is 25.7 Å². The van der Waals surface area contributed by atoms with Crippen molar-refractivity contribution in [1.29, 1.82) is 0 Å². The topological polar surface area (TPSA) is 56.4 Å². The molecule has 3 aromatic rings. The van der Waals surface area contributed by atoms with Crippen molar-refractivity contribution in [3.05, 3.63) is 87.6 Å². The van der Waals surface area contributed by atoms with Gasteiger partial charge < -0.3 is 9.88 Å². The zero-order chi connectivity index (χ0) is 19.1. The first-order valence-electron chi connectivity index (χ1n) is 8.51. The molecule has 0 fully saturated rings. The number of nitrogens with zero attached hydrogens (tertiary/aromatic N) is 2. The van der Waals surface area contributed by atoms with Crippen LogP contribution in [0.5, 0.6) is 0 Å². The number of amides is 1. The number of aryl methyl sites for hydroxylation is 2. The molecule has 0 radical (unpaired) electrons. The largest absolute Gasteiger partial charge is 0.377 e. The number of pyridine rings is 1. The van der Waals surface area contributed by atoms with Gasteiger partial charge in [0.2, 0.25) is 11.5 Å². The van der Waals surface area contributed by atoms with Crippen molar-refractivity contribution in [1.82, 2.24) is 4.98 Å². The van der Waals surface area contributed by atoms with E-state index in [1.54, 1.807) is 42.2 Å². The molecule has 1 aromatic heterocycles. The summed E-state index contributed by atoms with van der Waals surface area (Å²) in [5, 5.41) is 0. The molecule has 0 unspecified atom stereocenters. The summed E-state index contributed by atoms with van der Waals surface area (Å²) in [4.78, 5) is 31.0. The third-order valence-electron chi connectivity index (χ3n) is 4.72. The molecule has 1 aliphatic rings. The smallest absolute Gasteiger partial charge is 0.248 e. The fourth-order valence-corrected chi connectivity index (χ4v) is 3.43. The third-order valence-corrected chi connectivity index (χ3v) is 4.72. The molecule has 1 N–H and O–H groups in total. The molecule has 0 bridgehead atoms. The van der Waals surface area contributed by atoms with Crippen LogP contribution in [0.1, 0.15) is 21.6 Å². The number of aromatic nitrogens is 1. The van der Waals surface area contributed by atoms with Gasteiger partial charge in [0.25, 0.3) is 0 Å². The number of anilines is 3. The van der Waals surface area contributed by atoms with E-state index in [4.69, 9.17) is 0 Å². The van der Waals surface area contributed by atoms with Gasteiger partial charge in [-0.1, -0.05) is 5.69 Å². The van der Waals surface area contributed by atoms with Gasteiger partial charge in [0.05, 0.1) is 12.4 Å². The van der Waals surface area contributed by atoms with Crippen molar-refractivity contribution < 1.29 is 26.3 Å². The number of benzene rings is 2. The Bertz CT molecular complexity index is 1110. The number of hydrogen-bond acceptors (Lipinski definition) is 3. The van der Waals surface area contributed by atoms with E-state index in [0.717, 1.165) is 16.9 Å². The maximum atomic E-state index is 13.6. The van der Waals surface area contributed by atoms with Gasteiger partial charge >= 0.3 is 0 Å². The fourth-order valence-electron chi connectivity index (χ4n) is 3.43. The normalized spacial score (nSPS) is 13.2. The molecule has 5 nitrogen and oxygen atoms in total. The van der Waals surface area contributed by atoms with Crippen LogP contribution in [-0.2, 0) is 17.1 Å². The molecule has 1 amide bonds. The van der Waals surface area contributed by atoms with Crippen LogP contribution in [0.25, 0.3) is 0 Å².